The Labute approximate surface area is 166 Å². The van der Waals surface area contributed by atoms with E-state index in [0.29, 0.717) is 22.3 Å². The van der Waals surface area contributed by atoms with Gasteiger partial charge in [0.05, 0.1) is 5.56 Å². The maximum atomic E-state index is 14.6. The Bertz CT molecular complexity index is 1060. The summed E-state index contributed by atoms with van der Waals surface area (Å²) < 4.78 is 28.4. The smallest absolute Gasteiger partial charge is 0.139 e. The molecule has 142 valence electrons. The van der Waals surface area contributed by atoms with Crippen LogP contribution in [0.5, 0.6) is 0 Å². The van der Waals surface area contributed by atoms with E-state index in [0.717, 1.165) is 29.5 Å². The van der Waals surface area contributed by atoms with Crippen molar-refractivity contribution in [2.24, 2.45) is 0 Å². The maximum Gasteiger partial charge on any atom is 0.139 e. The quantitative estimate of drug-likeness (QED) is 0.437. The van der Waals surface area contributed by atoms with E-state index in [1.54, 1.807) is 31.2 Å². The predicted octanol–water partition coefficient (Wildman–Crippen LogP) is 6.91. The van der Waals surface area contributed by atoms with Gasteiger partial charge in [-0.05, 0) is 78.8 Å². The van der Waals surface area contributed by atoms with Gasteiger partial charge < -0.3 is 0 Å². The molecule has 0 saturated heterocycles. The summed E-state index contributed by atoms with van der Waals surface area (Å²) in [6.45, 7) is 7.95. The van der Waals surface area contributed by atoms with Gasteiger partial charge in [-0.25, -0.2) is 8.78 Å². The molecule has 0 aromatic heterocycles. The van der Waals surface area contributed by atoms with E-state index in [2.05, 4.69) is 30.9 Å². The Kier molecular flexibility index (Phi) is 5.95. The number of hydrogen-bond donors (Lipinski definition) is 0. The molecule has 3 aromatic carbocycles. The first-order valence-electron chi connectivity index (χ1n) is 9.57. The zero-order valence-corrected chi connectivity index (χ0v) is 16.8. The van der Waals surface area contributed by atoms with Crippen molar-refractivity contribution in [1.82, 2.24) is 0 Å². The Balaban J connectivity index is 1.92. The average Bonchev–Trinajstić information content (AvgIpc) is 2.64. The Morgan fingerprint density at radius 1 is 0.714 bits per heavy atom. The first-order valence-corrected chi connectivity index (χ1v) is 9.57. The second-order valence-electron chi connectivity index (χ2n) is 7.26. The molecule has 0 aliphatic carbocycles. The third-order valence-electron chi connectivity index (χ3n) is 4.93. The summed E-state index contributed by atoms with van der Waals surface area (Å²) in [6.07, 6.45) is 2.15. The third kappa shape index (κ3) is 4.31. The molecule has 0 aliphatic rings. The summed E-state index contributed by atoms with van der Waals surface area (Å²) in [7, 11) is 0. The highest BCUT2D eigenvalue weighted by atomic mass is 19.1. The van der Waals surface area contributed by atoms with E-state index in [1.165, 1.54) is 17.7 Å². The standard InChI is InChI=1S/C26H24F2/c1-5-6-20-13-18(3)24(19(4)14-20)12-11-21-9-10-23(16-26(21)28)22-8-7-17(2)25(27)15-22/h7-10,13-16H,5-6H2,1-4H3. The van der Waals surface area contributed by atoms with E-state index in [9.17, 15) is 8.78 Å². The van der Waals surface area contributed by atoms with Crippen LogP contribution in [0.2, 0.25) is 0 Å². The summed E-state index contributed by atoms with van der Waals surface area (Å²) in [5.74, 6) is 5.40. The van der Waals surface area contributed by atoms with E-state index in [4.69, 9.17) is 0 Å². The van der Waals surface area contributed by atoms with Crippen molar-refractivity contribution >= 4 is 0 Å². The lowest BCUT2D eigenvalue weighted by molar-refractivity contribution is 0.618. The zero-order valence-electron chi connectivity index (χ0n) is 16.8. The van der Waals surface area contributed by atoms with Crippen LogP contribution in [0.25, 0.3) is 11.1 Å². The van der Waals surface area contributed by atoms with Crippen LogP contribution in [0.1, 0.15) is 46.7 Å². The maximum absolute atomic E-state index is 14.6. The van der Waals surface area contributed by atoms with Crippen molar-refractivity contribution in [3.63, 3.8) is 0 Å². The van der Waals surface area contributed by atoms with Crippen molar-refractivity contribution in [2.75, 3.05) is 0 Å². The lowest BCUT2D eigenvalue weighted by atomic mass is 9.97. The highest BCUT2D eigenvalue weighted by molar-refractivity contribution is 5.65. The predicted molar refractivity (Wildman–Crippen MR) is 112 cm³/mol. The molecule has 0 amide bonds. The average molecular weight is 374 g/mol. The van der Waals surface area contributed by atoms with Crippen molar-refractivity contribution < 1.29 is 8.78 Å². The number of benzene rings is 3. The zero-order chi connectivity index (χ0) is 20.3. The molecule has 0 atom stereocenters. The highest BCUT2D eigenvalue weighted by Crippen LogP contribution is 2.24. The molecule has 0 radical (unpaired) electrons. The van der Waals surface area contributed by atoms with Gasteiger partial charge in [0.1, 0.15) is 11.6 Å². The van der Waals surface area contributed by atoms with Crippen LogP contribution in [0.3, 0.4) is 0 Å². The van der Waals surface area contributed by atoms with Crippen LogP contribution in [0.4, 0.5) is 8.78 Å². The molecule has 3 rings (SSSR count). The van der Waals surface area contributed by atoms with Crippen LogP contribution >= 0.6 is 0 Å². The largest absolute Gasteiger partial charge is 0.207 e. The molecule has 28 heavy (non-hydrogen) atoms. The van der Waals surface area contributed by atoms with Crippen molar-refractivity contribution in [3.8, 4) is 23.0 Å². The minimum Gasteiger partial charge on any atom is -0.207 e. The molecule has 0 heterocycles. The minimum atomic E-state index is -0.399. The SMILES string of the molecule is CCCc1cc(C)c(C#Cc2ccc(-c3ccc(C)c(F)c3)cc2F)c(C)c1. The van der Waals surface area contributed by atoms with Crippen LogP contribution in [-0.4, -0.2) is 0 Å². The minimum absolute atomic E-state index is 0.292. The third-order valence-corrected chi connectivity index (χ3v) is 4.93. The molecular weight excluding hydrogens is 350 g/mol. The molecule has 0 nitrogen and oxygen atoms in total. The normalized spacial score (nSPS) is 10.5. The van der Waals surface area contributed by atoms with E-state index in [-0.39, 0.29) is 5.82 Å². The second-order valence-corrected chi connectivity index (χ2v) is 7.26. The van der Waals surface area contributed by atoms with Gasteiger partial charge in [0.15, 0.2) is 0 Å². The number of hydrogen-bond acceptors (Lipinski definition) is 0. The molecule has 2 heteroatoms. The van der Waals surface area contributed by atoms with Gasteiger partial charge in [-0.3, -0.25) is 0 Å². The van der Waals surface area contributed by atoms with Crippen LogP contribution in [-0.2, 0) is 6.42 Å². The Morgan fingerprint density at radius 3 is 1.89 bits per heavy atom. The van der Waals surface area contributed by atoms with E-state index < -0.39 is 5.82 Å². The lowest BCUT2D eigenvalue weighted by Gasteiger charge is -2.08. The topological polar surface area (TPSA) is 0 Å². The van der Waals surface area contributed by atoms with Gasteiger partial charge in [-0.15, -0.1) is 0 Å². The summed E-state index contributed by atoms with van der Waals surface area (Å²) in [5.41, 5.74) is 6.69. The van der Waals surface area contributed by atoms with Gasteiger partial charge in [0, 0.05) is 5.56 Å². The van der Waals surface area contributed by atoms with Gasteiger partial charge in [0.2, 0.25) is 0 Å². The fourth-order valence-electron chi connectivity index (χ4n) is 3.38. The summed E-state index contributed by atoms with van der Waals surface area (Å²) in [4.78, 5) is 0. The molecule has 0 bridgehead atoms. The van der Waals surface area contributed by atoms with Gasteiger partial charge in [0.25, 0.3) is 0 Å². The molecule has 0 saturated carbocycles. The highest BCUT2D eigenvalue weighted by Gasteiger charge is 2.07. The van der Waals surface area contributed by atoms with Gasteiger partial charge in [-0.2, -0.15) is 0 Å². The van der Waals surface area contributed by atoms with Gasteiger partial charge in [-0.1, -0.05) is 55.5 Å². The monoisotopic (exact) mass is 374 g/mol. The van der Waals surface area contributed by atoms with Crippen LogP contribution < -0.4 is 0 Å². The van der Waals surface area contributed by atoms with Crippen molar-refractivity contribution in [3.05, 3.63) is 93.5 Å². The number of rotatable bonds is 3. The van der Waals surface area contributed by atoms with Crippen LogP contribution in [0, 0.1) is 44.2 Å². The van der Waals surface area contributed by atoms with Gasteiger partial charge >= 0.3 is 0 Å². The Morgan fingerprint density at radius 2 is 1.32 bits per heavy atom. The summed E-state index contributed by atoms with van der Waals surface area (Å²) >= 11 is 0. The Hall–Kier alpha value is -2.92. The molecule has 0 fully saturated rings. The number of halogens is 2. The molecule has 3 aromatic rings. The van der Waals surface area contributed by atoms with E-state index >= 15 is 0 Å². The summed E-state index contributed by atoms with van der Waals surface area (Å²) in [5, 5.41) is 0. The molecular formula is C26H24F2. The lowest BCUT2D eigenvalue weighted by Crippen LogP contribution is -1.93. The van der Waals surface area contributed by atoms with Crippen molar-refractivity contribution in [2.45, 2.75) is 40.5 Å². The fourth-order valence-corrected chi connectivity index (χ4v) is 3.38. The second kappa shape index (κ2) is 8.40. The molecule has 0 spiro atoms. The fraction of sp³-hybridized carbons (Fsp3) is 0.231. The first kappa shape index (κ1) is 19.8. The van der Waals surface area contributed by atoms with Crippen molar-refractivity contribution in [1.29, 1.82) is 0 Å². The summed E-state index contributed by atoms with van der Waals surface area (Å²) in [6, 6.07) is 14.1. The van der Waals surface area contributed by atoms with Crippen LogP contribution in [0.15, 0.2) is 48.5 Å². The molecule has 0 unspecified atom stereocenters. The molecule has 0 aliphatic heterocycles. The molecule has 0 N–H and O–H groups in total. The number of aryl methyl sites for hydroxylation is 4. The first-order chi connectivity index (χ1) is 13.4. The van der Waals surface area contributed by atoms with E-state index in [1.807, 2.05) is 13.8 Å².